The third kappa shape index (κ3) is 2.10. The van der Waals surface area contributed by atoms with Gasteiger partial charge in [-0.05, 0) is 78.2 Å². The van der Waals surface area contributed by atoms with E-state index in [-0.39, 0.29) is 0 Å². The van der Waals surface area contributed by atoms with Crippen molar-refractivity contribution in [3.05, 3.63) is 44.7 Å². The van der Waals surface area contributed by atoms with Gasteiger partial charge in [-0.1, -0.05) is 24.3 Å². The van der Waals surface area contributed by atoms with E-state index in [9.17, 15) is 0 Å². The lowest BCUT2D eigenvalue weighted by Crippen LogP contribution is -2.23. The molecule has 1 saturated carbocycles. The number of nitrogen functional groups attached to an aromatic ring is 1. The van der Waals surface area contributed by atoms with Crippen LogP contribution in [0.15, 0.2) is 24.3 Å². The maximum Gasteiger partial charge on any atom is 0.135 e. The largest absolute Gasteiger partial charge is 0.383 e. The van der Waals surface area contributed by atoms with Crippen molar-refractivity contribution in [3.8, 4) is 0 Å². The van der Waals surface area contributed by atoms with Gasteiger partial charge >= 0.3 is 0 Å². The molecule has 2 aliphatic rings. The Bertz CT molecular complexity index is 658. The Morgan fingerprint density at radius 2 is 1.71 bits per heavy atom. The summed E-state index contributed by atoms with van der Waals surface area (Å²) in [6.45, 7) is 2.06. The minimum atomic E-state index is 0.472. The quantitative estimate of drug-likeness (QED) is 0.751. The number of nitrogens with zero attached hydrogens (tertiary/aromatic N) is 2. The fourth-order valence-electron chi connectivity index (χ4n) is 4.29. The van der Waals surface area contributed by atoms with Crippen molar-refractivity contribution in [2.45, 2.75) is 38.6 Å². The van der Waals surface area contributed by atoms with Gasteiger partial charge in [-0.2, -0.15) is 5.10 Å². The van der Waals surface area contributed by atoms with Gasteiger partial charge in [-0.25, -0.2) is 4.68 Å². The Hall–Kier alpha value is -1.04. The van der Waals surface area contributed by atoms with Crippen molar-refractivity contribution >= 4 is 28.4 Å². The molecule has 110 valence electrons. The number of nitrogens with two attached hydrogens (primary N) is 1. The first-order valence-electron chi connectivity index (χ1n) is 7.72. The van der Waals surface area contributed by atoms with Gasteiger partial charge in [0, 0.05) is 0 Å². The van der Waals surface area contributed by atoms with Crippen LogP contribution in [0.25, 0.3) is 0 Å². The molecular formula is C17H20IN3. The summed E-state index contributed by atoms with van der Waals surface area (Å²) >= 11 is 2.32. The van der Waals surface area contributed by atoms with E-state index in [0.717, 1.165) is 15.1 Å². The minimum absolute atomic E-state index is 0.472. The first kappa shape index (κ1) is 13.6. The normalized spacial score (nSPS) is 27.4. The molecule has 0 amide bonds. The molecule has 2 aromatic rings. The smallest absolute Gasteiger partial charge is 0.135 e. The van der Waals surface area contributed by atoms with E-state index in [0.29, 0.717) is 17.9 Å². The van der Waals surface area contributed by atoms with E-state index < -0.39 is 0 Å². The molecule has 0 aliphatic heterocycles. The zero-order chi connectivity index (χ0) is 14.6. The van der Waals surface area contributed by atoms with E-state index >= 15 is 0 Å². The van der Waals surface area contributed by atoms with Crippen LogP contribution in [0.4, 0.5) is 5.82 Å². The van der Waals surface area contributed by atoms with Crippen molar-refractivity contribution < 1.29 is 0 Å². The standard InChI is InChI=1S/C17H20IN3/c1-10-15(18)17(19)21(20-10)16-13-6-7-14(16)9-12-5-3-2-4-11(12)8-13/h2-5,13-14,16H,6-9,19H2,1H3. The summed E-state index contributed by atoms with van der Waals surface area (Å²) < 4.78 is 3.26. The van der Waals surface area contributed by atoms with Gasteiger partial charge in [-0.15, -0.1) is 0 Å². The molecule has 1 aromatic heterocycles. The molecule has 2 unspecified atom stereocenters. The molecule has 2 aliphatic carbocycles. The van der Waals surface area contributed by atoms with Gasteiger partial charge in [-0.3, -0.25) is 0 Å². The molecule has 2 N–H and O–H groups in total. The van der Waals surface area contributed by atoms with E-state index in [1.165, 1.54) is 36.8 Å². The van der Waals surface area contributed by atoms with E-state index in [1.807, 2.05) is 0 Å². The van der Waals surface area contributed by atoms with Gasteiger partial charge < -0.3 is 5.73 Å². The average molecular weight is 393 g/mol. The molecule has 0 saturated heterocycles. The van der Waals surface area contributed by atoms with Crippen LogP contribution in [0.1, 0.15) is 35.7 Å². The zero-order valence-electron chi connectivity index (χ0n) is 12.2. The highest BCUT2D eigenvalue weighted by molar-refractivity contribution is 14.1. The van der Waals surface area contributed by atoms with Crippen LogP contribution in [-0.2, 0) is 12.8 Å². The van der Waals surface area contributed by atoms with Gasteiger partial charge in [0.05, 0.1) is 15.3 Å². The maximum atomic E-state index is 6.34. The van der Waals surface area contributed by atoms with Crippen molar-refractivity contribution in [3.63, 3.8) is 0 Å². The number of fused-ring (bicyclic) bond motifs is 3. The van der Waals surface area contributed by atoms with Crippen molar-refractivity contribution in [1.29, 1.82) is 0 Å². The number of hydrogen-bond donors (Lipinski definition) is 1. The summed E-state index contributed by atoms with van der Waals surface area (Å²) in [6.07, 6.45) is 4.95. The number of aromatic nitrogens is 2. The lowest BCUT2D eigenvalue weighted by atomic mass is 9.94. The highest BCUT2D eigenvalue weighted by Crippen LogP contribution is 2.48. The number of rotatable bonds is 1. The molecule has 4 rings (SSSR count). The molecular weight excluding hydrogens is 373 g/mol. The highest BCUT2D eigenvalue weighted by atomic mass is 127. The molecule has 1 heterocycles. The van der Waals surface area contributed by atoms with Gasteiger partial charge in [0.25, 0.3) is 0 Å². The van der Waals surface area contributed by atoms with Crippen LogP contribution in [0.2, 0.25) is 0 Å². The van der Waals surface area contributed by atoms with Gasteiger partial charge in [0.1, 0.15) is 5.82 Å². The molecule has 4 heteroatoms. The topological polar surface area (TPSA) is 43.8 Å². The number of anilines is 1. The molecule has 1 aromatic carbocycles. The second-order valence-electron chi connectivity index (χ2n) is 6.49. The third-order valence-corrected chi connectivity index (χ3v) is 6.62. The van der Waals surface area contributed by atoms with E-state index in [4.69, 9.17) is 10.8 Å². The predicted octanol–water partition coefficient (Wildman–Crippen LogP) is 3.74. The Morgan fingerprint density at radius 3 is 2.19 bits per heavy atom. The number of halogens is 1. The van der Waals surface area contributed by atoms with Crippen molar-refractivity contribution in [2.24, 2.45) is 11.8 Å². The molecule has 21 heavy (non-hydrogen) atoms. The van der Waals surface area contributed by atoms with Crippen LogP contribution in [0.3, 0.4) is 0 Å². The molecule has 0 spiro atoms. The maximum absolute atomic E-state index is 6.34. The number of aryl methyl sites for hydroxylation is 1. The van der Waals surface area contributed by atoms with Crippen molar-refractivity contribution in [1.82, 2.24) is 9.78 Å². The number of benzene rings is 1. The summed E-state index contributed by atoms with van der Waals surface area (Å²) in [6, 6.07) is 9.41. The first-order valence-corrected chi connectivity index (χ1v) is 8.80. The predicted molar refractivity (Wildman–Crippen MR) is 93.2 cm³/mol. The van der Waals surface area contributed by atoms with Crippen molar-refractivity contribution in [2.75, 3.05) is 5.73 Å². The summed E-state index contributed by atoms with van der Waals surface area (Å²) in [5.41, 5.74) is 10.5. The van der Waals surface area contributed by atoms with E-state index in [2.05, 4.69) is 58.5 Å². The first-order chi connectivity index (χ1) is 10.1. The lowest BCUT2D eigenvalue weighted by Gasteiger charge is -2.24. The van der Waals surface area contributed by atoms with Crippen LogP contribution < -0.4 is 5.73 Å². The highest BCUT2D eigenvalue weighted by Gasteiger charge is 2.41. The second kappa shape index (κ2) is 5.00. The van der Waals surface area contributed by atoms with Gasteiger partial charge in [0.15, 0.2) is 0 Å². The zero-order valence-corrected chi connectivity index (χ0v) is 14.4. The SMILES string of the molecule is Cc1nn(C2C3CCC2Cc2ccccc2C3)c(N)c1I. The fraction of sp³-hybridized carbons (Fsp3) is 0.471. The molecule has 2 bridgehead atoms. The molecule has 3 nitrogen and oxygen atoms in total. The summed E-state index contributed by atoms with van der Waals surface area (Å²) in [5, 5.41) is 4.76. The molecule has 2 atom stereocenters. The average Bonchev–Trinajstić information content (AvgIpc) is 2.89. The van der Waals surface area contributed by atoms with Crippen LogP contribution in [-0.4, -0.2) is 9.78 Å². The van der Waals surface area contributed by atoms with E-state index in [1.54, 1.807) is 0 Å². The second-order valence-corrected chi connectivity index (χ2v) is 7.57. The van der Waals surface area contributed by atoms with Crippen LogP contribution >= 0.6 is 22.6 Å². The summed E-state index contributed by atoms with van der Waals surface area (Å²) in [4.78, 5) is 0. The third-order valence-electron chi connectivity index (χ3n) is 5.29. The Kier molecular flexibility index (Phi) is 3.24. The summed E-state index contributed by atoms with van der Waals surface area (Å²) in [5.74, 6) is 2.22. The monoisotopic (exact) mass is 393 g/mol. The van der Waals surface area contributed by atoms with Crippen LogP contribution in [0.5, 0.6) is 0 Å². The molecule has 1 fully saturated rings. The Balaban J connectivity index is 1.77. The van der Waals surface area contributed by atoms with Gasteiger partial charge in [0.2, 0.25) is 0 Å². The Morgan fingerprint density at radius 1 is 1.14 bits per heavy atom. The fourth-order valence-corrected chi connectivity index (χ4v) is 4.65. The minimum Gasteiger partial charge on any atom is -0.383 e. The molecule has 0 radical (unpaired) electrons. The number of hydrogen-bond acceptors (Lipinski definition) is 2. The van der Waals surface area contributed by atoms with Crippen LogP contribution in [0, 0.1) is 22.3 Å². The lowest BCUT2D eigenvalue weighted by molar-refractivity contribution is 0.294. The summed E-state index contributed by atoms with van der Waals surface area (Å²) in [7, 11) is 0. The Labute approximate surface area is 139 Å².